The van der Waals surface area contributed by atoms with Gasteiger partial charge in [0.2, 0.25) is 5.95 Å². The van der Waals surface area contributed by atoms with E-state index >= 15 is 0 Å². The summed E-state index contributed by atoms with van der Waals surface area (Å²) >= 11 is 0. The smallest absolute Gasteiger partial charge is 0.423 e. The van der Waals surface area contributed by atoms with Crippen LogP contribution in [0.15, 0.2) is 53.7 Å². The number of methoxy groups -OCH3 is 1. The molecule has 0 aliphatic carbocycles. The number of alkyl halides is 6. The predicted molar refractivity (Wildman–Crippen MR) is 156 cm³/mol. The molecule has 2 aliphatic rings. The molecule has 0 saturated carbocycles. The first-order chi connectivity index (χ1) is 22.4. The summed E-state index contributed by atoms with van der Waals surface area (Å²) in [6.45, 7) is 1.57. The van der Waals surface area contributed by atoms with Crippen molar-refractivity contribution in [2.45, 2.75) is 57.5 Å². The molecule has 1 fully saturated rings. The summed E-state index contributed by atoms with van der Waals surface area (Å²) in [7, 11) is 1.50. The van der Waals surface area contributed by atoms with E-state index in [1.807, 2.05) is 0 Å². The third kappa shape index (κ3) is 7.03. The summed E-state index contributed by atoms with van der Waals surface area (Å²) in [4.78, 5) is 24.1. The first-order valence-electron chi connectivity index (χ1n) is 14.7. The number of rotatable bonds is 9. The van der Waals surface area contributed by atoms with Crippen LogP contribution < -0.4 is 20.1 Å². The average molecular weight is 665 g/mol. The minimum Gasteiger partial charge on any atom is -0.497 e. The van der Waals surface area contributed by atoms with Gasteiger partial charge in [0.05, 0.1) is 74.8 Å². The molecule has 250 valence electrons. The van der Waals surface area contributed by atoms with Crippen molar-refractivity contribution in [1.29, 1.82) is 0 Å². The fraction of sp³-hybridized carbons (Fsp3) is 0.433. The maximum Gasteiger partial charge on any atom is 0.423 e. The molecular formula is C30H30F6N8O3. The molecule has 17 heteroatoms. The van der Waals surface area contributed by atoms with Gasteiger partial charge in [-0.25, -0.2) is 14.6 Å². The van der Waals surface area contributed by atoms with Crippen molar-refractivity contribution >= 4 is 11.6 Å². The van der Waals surface area contributed by atoms with Gasteiger partial charge in [-0.05, 0) is 36.6 Å². The van der Waals surface area contributed by atoms with Gasteiger partial charge in [0.25, 0.3) is 5.56 Å². The predicted octanol–water partition coefficient (Wildman–Crippen LogP) is 4.53. The molecule has 1 aromatic carbocycles. The van der Waals surface area contributed by atoms with Crippen LogP contribution in [0.2, 0.25) is 0 Å². The van der Waals surface area contributed by atoms with Crippen molar-refractivity contribution in [2.75, 3.05) is 36.6 Å². The van der Waals surface area contributed by atoms with E-state index in [-0.39, 0.29) is 31.4 Å². The Labute approximate surface area is 264 Å². The Morgan fingerprint density at radius 1 is 0.957 bits per heavy atom. The molecule has 1 saturated heterocycles. The molecule has 0 amide bonds. The van der Waals surface area contributed by atoms with E-state index < -0.39 is 35.1 Å². The van der Waals surface area contributed by atoms with Gasteiger partial charge in [0.15, 0.2) is 0 Å². The van der Waals surface area contributed by atoms with Crippen molar-refractivity contribution in [3.8, 4) is 5.75 Å². The van der Waals surface area contributed by atoms with Crippen LogP contribution in [0, 0.1) is 0 Å². The molecule has 3 aromatic heterocycles. The molecule has 6 rings (SSSR count). The molecule has 0 spiro atoms. The molecule has 5 heterocycles. The van der Waals surface area contributed by atoms with E-state index in [4.69, 9.17) is 9.47 Å². The van der Waals surface area contributed by atoms with E-state index in [0.717, 1.165) is 29.0 Å². The molecule has 0 radical (unpaired) electrons. The topological polar surface area (TPSA) is 103 Å². The van der Waals surface area contributed by atoms with E-state index in [0.29, 0.717) is 56.0 Å². The second kappa shape index (κ2) is 12.8. The Bertz CT molecular complexity index is 1760. The van der Waals surface area contributed by atoms with Gasteiger partial charge < -0.3 is 19.3 Å². The van der Waals surface area contributed by atoms with Crippen molar-refractivity contribution in [3.63, 3.8) is 0 Å². The standard InChI is InChI=1S/C30H30F6N8O3/c1-46-24-6-4-19(5-7-24)15-44-27(45)26(30(34,35)36)25(14-39-44)42-8-2-3-22(42)18-47-17-21-11-23-16-41(9-10-43(23)40-21)28-37-12-20(13-38-28)29(31,32)33/h4-7,11-14,22H,2-3,8-10,15-18H2,1H3. The molecule has 0 N–H and O–H groups in total. The highest BCUT2D eigenvalue weighted by atomic mass is 19.4. The van der Waals surface area contributed by atoms with Crippen molar-refractivity contribution in [3.05, 3.63) is 87.4 Å². The summed E-state index contributed by atoms with van der Waals surface area (Å²) in [6.07, 6.45) is -5.65. The first-order valence-corrected chi connectivity index (χ1v) is 14.7. The number of ether oxygens (including phenoxy) is 2. The Balaban J connectivity index is 1.11. The summed E-state index contributed by atoms with van der Waals surface area (Å²) in [5, 5.41) is 8.62. The lowest BCUT2D eigenvalue weighted by atomic mass is 10.1. The van der Waals surface area contributed by atoms with Gasteiger partial charge in [0, 0.05) is 25.5 Å². The van der Waals surface area contributed by atoms with Crippen molar-refractivity contribution < 1.29 is 35.8 Å². The number of aromatic nitrogens is 6. The summed E-state index contributed by atoms with van der Waals surface area (Å²) in [5.41, 5.74) is -1.72. The van der Waals surface area contributed by atoms with Crippen LogP contribution in [-0.4, -0.2) is 62.4 Å². The lowest BCUT2D eigenvalue weighted by molar-refractivity contribution is -0.139. The quantitative estimate of drug-likeness (QED) is 0.239. The Hall–Kier alpha value is -4.67. The van der Waals surface area contributed by atoms with Crippen LogP contribution in [0.3, 0.4) is 0 Å². The number of nitrogens with zero attached hydrogens (tertiary/aromatic N) is 8. The number of hydrogen-bond donors (Lipinski definition) is 0. The molecule has 1 atom stereocenters. The Kier molecular flexibility index (Phi) is 8.82. The zero-order chi connectivity index (χ0) is 33.3. The number of halogens is 6. The first kappa shape index (κ1) is 32.3. The molecule has 11 nitrogen and oxygen atoms in total. The minimum atomic E-state index is -4.90. The van der Waals surface area contributed by atoms with Crippen LogP contribution in [0.1, 0.15) is 40.9 Å². The average Bonchev–Trinajstić information content (AvgIpc) is 3.67. The van der Waals surface area contributed by atoms with Gasteiger partial charge in [0.1, 0.15) is 11.3 Å². The Morgan fingerprint density at radius 2 is 1.70 bits per heavy atom. The van der Waals surface area contributed by atoms with Gasteiger partial charge >= 0.3 is 12.4 Å². The third-order valence-corrected chi connectivity index (χ3v) is 8.14. The van der Waals surface area contributed by atoms with Crippen LogP contribution >= 0.6 is 0 Å². The van der Waals surface area contributed by atoms with Crippen molar-refractivity contribution in [2.24, 2.45) is 0 Å². The highest BCUT2D eigenvalue weighted by Gasteiger charge is 2.41. The SMILES string of the molecule is COc1ccc(Cn2ncc(N3CCCC3COCc3cc4n(n3)CCN(c3ncc(C(F)(F)F)cn3)C4)c(C(F)(F)F)c2=O)cc1. The number of anilines is 2. The lowest BCUT2D eigenvalue weighted by Gasteiger charge is -2.28. The Morgan fingerprint density at radius 3 is 2.38 bits per heavy atom. The highest BCUT2D eigenvalue weighted by molar-refractivity contribution is 5.54. The summed E-state index contributed by atoms with van der Waals surface area (Å²) in [6, 6.07) is 8.00. The molecule has 2 aliphatic heterocycles. The number of fused-ring (bicyclic) bond motifs is 1. The maximum absolute atomic E-state index is 14.3. The largest absolute Gasteiger partial charge is 0.497 e. The maximum atomic E-state index is 14.3. The number of benzene rings is 1. The molecular weight excluding hydrogens is 634 g/mol. The van der Waals surface area contributed by atoms with E-state index in [2.05, 4.69) is 20.2 Å². The zero-order valence-electron chi connectivity index (χ0n) is 25.1. The van der Waals surface area contributed by atoms with Crippen LogP contribution in [-0.2, 0) is 43.3 Å². The van der Waals surface area contributed by atoms with Crippen LogP contribution in [0.25, 0.3) is 0 Å². The normalized spacial score (nSPS) is 16.9. The van der Waals surface area contributed by atoms with Crippen LogP contribution in [0.4, 0.5) is 38.0 Å². The van der Waals surface area contributed by atoms with Crippen molar-refractivity contribution in [1.82, 2.24) is 29.5 Å². The number of hydrogen-bond acceptors (Lipinski definition) is 9. The molecule has 47 heavy (non-hydrogen) atoms. The second-order valence-electron chi connectivity index (χ2n) is 11.3. The molecule has 1 unspecified atom stereocenters. The van der Waals surface area contributed by atoms with Gasteiger partial charge in [-0.3, -0.25) is 9.48 Å². The molecule has 0 bridgehead atoms. The zero-order valence-corrected chi connectivity index (χ0v) is 25.1. The second-order valence-corrected chi connectivity index (χ2v) is 11.3. The summed E-state index contributed by atoms with van der Waals surface area (Å²) < 4.78 is 95.1. The highest BCUT2D eigenvalue weighted by Crippen LogP contribution is 2.37. The van der Waals surface area contributed by atoms with Gasteiger partial charge in [-0.2, -0.15) is 36.5 Å². The van der Waals surface area contributed by atoms with Gasteiger partial charge in [-0.15, -0.1) is 0 Å². The monoisotopic (exact) mass is 664 g/mol. The summed E-state index contributed by atoms with van der Waals surface area (Å²) in [5.74, 6) is 0.749. The van der Waals surface area contributed by atoms with Crippen LogP contribution in [0.5, 0.6) is 5.75 Å². The van der Waals surface area contributed by atoms with E-state index in [1.165, 1.54) is 12.0 Å². The van der Waals surface area contributed by atoms with Gasteiger partial charge in [-0.1, -0.05) is 12.1 Å². The van der Waals surface area contributed by atoms with E-state index in [1.54, 1.807) is 39.9 Å². The fourth-order valence-electron chi connectivity index (χ4n) is 5.80. The lowest BCUT2D eigenvalue weighted by Crippen LogP contribution is -2.39. The fourth-order valence-corrected chi connectivity index (χ4v) is 5.80. The molecule has 4 aromatic rings. The minimum absolute atomic E-state index is 0.0922. The van der Waals surface area contributed by atoms with E-state index in [9.17, 15) is 31.1 Å². The third-order valence-electron chi connectivity index (χ3n) is 8.14.